The second-order valence-electron chi connectivity index (χ2n) is 1.36. The van der Waals surface area contributed by atoms with Crippen molar-refractivity contribution in [1.29, 1.82) is 0 Å². The van der Waals surface area contributed by atoms with Gasteiger partial charge in [0.25, 0.3) is 0 Å². The molecule has 0 aliphatic heterocycles. The molecule has 0 saturated heterocycles. The molecule has 0 aromatic rings. The standard InChI is InChI=1S/C4H9IO3/c1-2-3-4-8-5(6)7/h2-4H2,1H3. The summed E-state index contributed by atoms with van der Waals surface area (Å²) in [5, 5.41) is 0. The van der Waals surface area contributed by atoms with Gasteiger partial charge in [-0.05, 0) is 9.49 Å². The third-order valence-electron chi connectivity index (χ3n) is 0.664. The fourth-order valence-electron chi connectivity index (χ4n) is 0.262. The zero-order chi connectivity index (χ0) is 6.41. The molecule has 0 aromatic heterocycles. The quantitative estimate of drug-likeness (QED) is 0.365. The van der Waals surface area contributed by atoms with Crippen LogP contribution in [-0.2, 0) is 3.07 Å². The van der Waals surface area contributed by atoms with E-state index in [1.165, 1.54) is 0 Å². The minimum atomic E-state index is -3.34. The summed E-state index contributed by atoms with van der Waals surface area (Å²) in [4.78, 5) is 0. The maximum atomic E-state index is 9.78. The van der Waals surface area contributed by atoms with Gasteiger partial charge in [0.2, 0.25) is 0 Å². The summed E-state index contributed by atoms with van der Waals surface area (Å²) in [6.45, 7) is 2.35. The van der Waals surface area contributed by atoms with Crippen LogP contribution >= 0.6 is 0 Å². The molecule has 0 atom stereocenters. The average molecular weight is 232 g/mol. The van der Waals surface area contributed by atoms with Gasteiger partial charge in [0.15, 0.2) is 0 Å². The lowest BCUT2D eigenvalue weighted by Crippen LogP contribution is -3.99. The molecule has 0 aromatic carbocycles. The lowest BCUT2D eigenvalue weighted by Gasteiger charge is -1.88. The molecule has 8 heavy (non-hydrogen) atoms. The van der Waals surface area contributed by atoms with Gasteiger partial charge in [0.1, 0.15) is 6.61 Å². The second-order valence-corrected chi connectivity index (χ2v) is 3.06. The summed E-state index contributed by atoms with van der Waals surface area (Å²) in [7, 11) is 0. The van der Waals surface area contributed by atoms with Crippen LogP contribution in [0.2, 0.25) is 0 Å². The molecule has 0 aliphatic rings. The molecule has 4 heteroatoms. The monoisotopic (exact) mass is 232 g/mol. The molecule has 0 heterocycles. The fourth-order valence-corrected chi connectivity index (χ4v) is 0.933. The fraction of sp³-hybridized carbons (Fsp3) is 1.00. The molecule has 0 aliphatic carbocycles. The lowest BCUT2D eigenvalue weighted by molar-refractivity contribution is -1.63. The predicted molar refractivity (Wildman–Crippen MR) is 20.9 cm³/mol. The molecule has 0 fully saturated rings. The van der Waals surface area contributed by atoms with Crippen LogP contribution in [0.5, 0.6) is 0 Å². The van der Waals surface area contributed by atoms with Gasteiger partial charge in [-0.2, -0.15) is 0 Å². The molecule has 50 valence electrons. The topological polar surface area (TPSA) is 55.3 Å². The maximum absolute atomic E-state index is 9.78. The molecule has 0 spiro atoms. The van der Waals surface area contributed by atoms with Crippen molar-refractivity contribution in [2.24, 2.45) is 0 Å². The van der Waals surface area contributed by atoms with E-state index in [1.807, 2.05) is 6.92 Å². The first-order valence-electron chi connectivity index (χ1n) is 2.46. The van der Waals surface area contributed by atoms with Crippen LogP contribution in [0, 0.1) is 0 Å². The van der Waals surface area contributed by atoms with Gasteiger partial charge in [0.05, 0.1) is 0 Å². The molecular formula is C4H9IO3. The maximum Gasteiger partial charge on any atom is 0.506 e. The molecular weight excluding hydrogens is 223 g/mol. The number of unbranched alkanes of at least 4 members (excludes halogenated alkanes) is 1. The molecule has 0 radical (unpaired) electrons. The van der Waals surface area contributed by atoms with Crippen molar-refractivity contribution in [1.82, 2.24) is 0 Å². The molecule has 0 N–H and O–H groups in total. The summed E-state index contributed by atoms with van der Waals surface area (Å²) >= 11 is -3.34. The van der Waals surface area contributed by atoms with Crippen LogP contribution in [0.15, 0.2) is 0 Å². The highest BCUT2D eigenvalue weighted by atomic mass is 127. The average Bonchev–Trinajstić information content (AvgIpc) is 1.66. The second kappa shape index (κ2) is 5.74. The highest BCUT2D eigenvalue weighted by molar-refractivity contribution is 4.24. The minimum absolute atomic E-state index is 0.369. The van der Waals surface area contributed by atoms with Crippen molar-refractivity contribution in [2.75, 3.05) is 6.61 Å². The Labute approximate surface area is 57.7 Å². The Kier molecular flexibility index (Phi) is 6.18. The summed E-state index contributed by atoms with van der Waals surface area (Å²) in [6.07, 6.45) is 1.81. The summed E-state index contributed by atoms with van der Waals surface area (Å²) in [6, 6.07) is 0. The van der Waals surface area contributed by atoms with Crippen LogP contribution in [0.4, 0.5) is 0 Å². The predicted octanol–water partition coefficient (Wildman–Crippen LogP) is -4.11. The molecule has 0 amide bonds. The van der Waals surface area contributed by atoms with E-state index in [4.69, 9.17) is 0 Å². The van der Waals surface area contributed by atoms with Crippen molar-refractivity contribution < 1.29 is 31.0 Å². The SMILES string of the molecule is CCCCO[I+2]([O-])[O-]. The molecule has 0 rings (SSSR count). The normalized spacial score (nSPS) is 10.5. The Morgan fingerprint density at radius 2 is 2.12 bits per heavy atom. The lowest BCUT2D eigenvalue weighted by atomic mass is 10.4. The van der Waals surface area contributed by atoms with E-state index in [1.54, 1.807) is 0 Å². The van der Waals surface area contributed by atoms with Crippen molar-refractivity contribution in [3.63, 3.8) is 0 Å². The van der Waals surface area contributed by atoms with Gasteiger partial charge >= 0.3 is 21.1 Å². The van der Waals surface area contributed by atoms with Crippen LogP contribution in [0.3, 0.4) is 0 Å². The van der Waals surface area contributed by atoms with Crippen molar-refractivity contribution >= 4 is 0 Å². The molecule has 0 unspecified atom stereocenters. The Balaban J connectivity index is 2.72. The van der Waals surface area contributed by atoms with E-state index in [9.17, 15) is 6.87 Å². The molecule has 0 bridgehead atoms. The molecule has 0 saturated carbocycles. The van der Waals surface area contributed by atoms with E-state index in [2.05, 4.69) is 3.07 Å². The number of hydrogen-bond acceptors (Lipinski definition) is 3. The number of hydrogen-bond donors (Lipinski definition) is 0. The highest BCUT2D eigenvalue weighted by Crippen LogP contribution is 1.81. The first kappa shape index (κ1) is 8.61. The zero-order valence-electron chi connectivity index (χ0n) is 4.72. The van der Waals surface area contributed by atoms with E-state index in [-0.39, 0.29) is 0 Å². The Hall–Kier alpha value is 0.610. The van der Waals surface area contributed by atoms with Crippen molar-refractivity contribution in [3.8, 4) is 0 Å². The smallest absolute Gasteiger partial charge is 0.396 e. The van der Waals surface area contributed by atoms with Gasteiger partial charge in [0, 0.05) is 0 Å². The van der Waals surface area contributed by atoms with E-state index in [0.29, 0.717) is 6.61 Å². The largest absolute Gasteiger partial charge is 0.506 e. The van der Waals surface area contributed by atoms with Crippen LogP contribution in [0.1, 0.15) is 19.8 Å². The Morgan fingerprint density at radius 3 is 2.50 bits per heavy atom. The first-order chi connectivity index (χ1) is 3.77. The summed E-state index contributed by atoms with van der Waals surface area (Å²) < 4.78 is 23.9. The van der Waals surface area contributed by atoms with Gasteiger partial charge in [-0.25, -0.2) is 0 Å². The zero-order valence-corrected chi connectivity index (χ0v) is 6.88. The van der Waals surface area contributed by atoms with Crippen molar-refractivity contribution in [3.05, 3.63) is 0 Å². The molecule has 3 nitrogen and oxygen atoms in total. The third-order valence-corrected chi connectivity index (χ3v) is 1.61. The minimum Gasteiger partial charge on any atom is -0.396 e. The third kappa shape index (κ3) is 6.61. The van der Waals surface area contributed by atoms with Gasteiger partial charge < -0.3 is 6.87 Å². The summed E-state index contributed by atoms with van der Waals surface area (Å²) in [5.74, 6) is 0. The van der Waals surface area contributed by atoms with E-state index < -0.39 is 21.1 Å². The van der Waals surface area contributed by atoms with Gasteiger partial charge in [-0.3, -0.25) is 0 Å². The first-order valence-corrected chi connectivity index (χ1v) is 5.10. The van der Waals surface area contributed by atoms with Crippen LogP contribution in [0.25, 0.3) is 0 Å². The van der Waals surface area contributed by atoms with Crippen LogP contribution in [-0.4, -0.2) is 6.61 Å². The van der Waals surface area contributed by atoms with Crippen LogP contribution < -0.4 is 27.9 Å². The van der Waals surface area contributed by atoms with Crippen molar-refractivity contribution in [2.45, 2.75) is 19.8 Å². The Morgan fingerprint density at radius 1 is 1.50 bits per heavy atom. The van der Waals surface area contributed by atoms with Gasteiger partial charge in [-0.15, -0.1) is 0 Å². The number of halogens is 1. The summed E-state index contributed by atoms with van der Waals surface area (Å²) in [5.41, 5.74) is 0. The van der Waals surface area contributed by atoms with E-state index in [0.717, 1.165) is 12.8 Å². The number of rotatable bonds is 4. The van der Waals surface area contributed by atoms with E-state index >= 15 is 0 Å². The van der Waals surface area contributed by atoms with Gasteiger partial charge in [-0.1, -0.05) is 13.3 Å². The Bertz CT molecular complexity index is 48.5. The highest BCUT2D eigenvalue weighted by Gasteiger charge is 2.08.